The van der Waals surface area contributed by atoms with E-state index in [9.17, 15) is 14.4 Å². The lowest BCUT2D eigenvalue weighted by atomic mass is 10.1. The summed E-state index contributed by atoms with van der Waals surface area (Å²) in [6, 6.07) is -2.47. The van der Waals surface area contributed by atoms with Gasteiger partial charge in [-0.2, -0.15) is 0 Å². The normalized spacial score (nSPS) is 15.7. The number of carbonyl (C=O) groups excluding carboxylic acids is 2. The number of amides is 2. The van der Waals surface area contributed by atoms with Crippen LogP contribution in [0, 0.1) is 0 Å². The molecule has 0 aliphatic heterocycles. The fourth-order valence-corrected chi connectivity index (χ4v) is 1.03. The molecule has 0 spiro atoms. The van der Waals surface area contributed by atoms with Crippen molar-refractivity contribution in [1.82, 2.24) is 5.32 Å². The molecule has 0 rings (SSSR count). The van der Waals surface area contributed by atoms with Crippen LogP contribution in [0.2, 0.25) is 0 Å². The minimum Gasteiger partial charge on any atom is -0.480 e. The highest BCUT2D eigenvalue weighted by Gasteiger charge is 2.25. The van der Waals surface area contributed by atoms with Crippen LogP contribution in [-0.2, 0) is 14.4 Å². The van der Waals surface area contributed by atoms with Crippen molar-refractivity contribution in [2.75, 3.05) is 0 Å². The molecule has 0 aromatic heterocycles. The molecule has 0 aliphatic rings. The van der Waals surface area contributed by atoms with Crippen LogP contribution in [0.1, 0.15) is 19.8 Å². The molecule has 17 heavy (non-hydrogen) atoms. The van der Waals surface area contributed by atoms with E-state index in [1.807, 2.05) is 0 Å². The van der Waals surface area contributed by atoms with Gasteiger partial charge >= 0.3 is 5.97 Å². The zero-order valence-electron chi connectivity index (χ0n) is 9.42. The van der Waals surface area contributed by atoms with Gasteiger partial charge in [0.15, 0.2) is 0 Å². The molecule has 0 unspecified atom stereocenters. The molecule has 7 N–H and O–H groups in total. The SMILES string of the molecule is C[C@H](O)[C@H](N)C(=O)N[C@@H](CCC(N)=O)C(=O)O. The summed E-state index contributed by atoms with van der Waals surface area (Å²) >= 11 is 0. The van der Waals surface area contributed by atoms with E-state index in [1.54, 1.807) is 0 Å². The third kappa shape index (κ3) is 5.83. The number of aliphatic hydroxyl groups is 1. The molecule has 0 radical (unpaired) electrons. The van der Waals surface area contributed by atoms with E-state index >= 15 is 0 Å². The van der Waals surface area contributed by atoms with E-state index in [2.05, 4.69) is 5.32 Å². The Labute approximate surface area is 98.0 Å². The number of nitrogens with two attached hydrogens (primary N) is 2. The van der Waals surface area contributed by atoms with Crippen LogP contribution in [0.25, 0.3) is 0 Å². The van der Waals surface area contributed by atoms with Crippen LogP contribution in [0.15, 0.2) is 0 Å². The molecule has 2 amide bonds. The lowest BCUT2D eigenvalue weighted by molar-refractivity contribution is -0.142. The van der Waals surface area contributed by atoms with Gasteiger partial charge in [0.05, 0.1) is 6.10 Å². The van der Waals surface area contributed by atoms with Gasteiger partial charge in [0.25, 0.3) is 0 Å². The van der Waals surface area contributed by atoms with Crippen molar-refractivity contribution in [3.8, 4) is 0 Å². The first-order chi connectivity index (χ1) is 7.75. The Morgan fingerprint density at radius 2 is 1.88 bits per heavy atom. The molecule has 0 bridgehead atoms. The fraction of sp³-hybridized carbons (Fsp3) is 0.667. The highest BCUT2D eigenvalue weighted by Crippen LogP contribution is 1.99. The van der Waals surface area contributed by atoms with Gasteiger partial charge in [-0.3, -0.25) is 9.59 Å². The van der Waals surface area contributed by atoms with Crippen LogP contribution < -0.4 is 16.8 Å². The molecule has 0 saturated heterocycles. The molecule has 8 heteroatoms. The average Bonchev–Trinajstić information content (AvgIpc) is 2.21. The summed E-state index contributed by atoms with van der Waals surface area (Å²) in [4.78, 5) is 32.6. The quantitative estimate of drug-likeness (QED) is 0.335. The standard InChI is InChI=1S/C9H17N3O5/c1-4(13)7(11)8(15)12-5(9(16)17)2-3-6(10)14/h4-5,7,13H,2-3,11H2,1H3,(H2,10,14)(H,12,15)(H,16,17)/t4-,5-,7-/m0/s1. The second-order valence-electron chi connectivity index (χ2n) is 3.67. The van der Waals surface area contributed by atoms with Gasteiger partial charge in [-0.25, -0.2) is 4.79 Å². The Morgan fingerprint density at radius 1 is 1.35 bits per heavy atom. The van der Waals surface area contributed by atoms with Crippen LogP contribution >= 0.6 is 0 Å². The number of aliphatic carboxylic acids is 1. The third-order valence-electron chi connectivity index (χ3n) is 2.12. The van der Waals surface area contributed by atoms with Crippen molar-refractivity contribution in [2.45, 2.75) is 38.0 Å². The highest BCUT2D eigenvalue weighted by molar-refractivity contribution is 5.87. The van der Waals surface area contributed by atoms with E-state index in [0.717, 1.165) is 0 Å². The van der Waals surface area contributed by atoms with Crippen LogP contribution in [0.3, 0.4) is 0 Å². The van der Waals surface area contributed by atoms with Crippen molar-refractivity contribution < 1.29 is 24.6 Å². The summed E-state index contributed by atoms with van der Waals surface area (Å²) in [6.07, 6.45) is -1.38. The van der Waals surface area contributed by atoms with Gasteiger partial charge < -0.3 is 27.0 Å². The Hall–Kier alpha value is -1.67. The van der Waals surface area contributed by atoms with Crippen molar-refractivity contribution in [3.05, 3.63) is 0 Å². The Morgan fingerprint density at radius 3 is 2.24 bits per heavy atom. The first-order valence-corrected chi connectivity index (χ1v) is 5.00. The first kappa shape index (κ1) is 15.3. The largest absolute Gasteiger partial charge is 0.480 e. The zero-order valence-corrected chi connectivity index (χ0v) is 9.42. The molecule has 98 valence electrons. The van der Waals surface area contributed by atoms with Crippen molar-refractivity contribution in [2.24, 2.45) is 11.5 Å². The first-order valence-electron chi connectivity index (χ1n) is 5.00. The zero-order chi connectivity index (χ0) is 13.6. The number of primary amides is 1. The third-order valence-corrected chi connectivity index (χ3v) is 2.12. The second-order valence-corrected chi connectivity index (χ2v) is 3.67. The number of carboxylic acid groups (broad SMARTS) is 1. The maximum atomic E-state index is 11.4. The molecule has 3 atom stereocenters. The number of carbonyl (C=O) groups is 3. The van der Waals surface area contributed by atoms with Crippen molar-refractivity contribution >= 4 is 17.8 Å². The lowest BCUT2D eigenvalue weighted by Crippen LogP contribution is -2.52. The molecule has 0 saturated carbocycles. The summed E-state index contributed by atoms with van der Waals surface area (Å²) in [5.41, 5.74) is 10.2. The van der Waals surface area contributed by atoms with Gasteiger partial charge in [-0.1, -0.05) is 0 Å². The minimum atomic E-state index is -1.29. The van der Waals surface area contributed by atoms with E-state index in [-0.39, 0.29) is 12.8 Å². The predicted octanol–water partition coefficient (Wildman–Crippen LogP) is -2.47. The molecule has 0 aromatic rings. The number of hydrogen-bond donors (Lipinski definition) is 5. The molecular formula is C9H17N3O5. The summed E-state index contributed by atoms with van der Waals surface area (Å²) in [7, 11) is 0. The summed E-state index contributed by atoms with van der Waals surface area (Å²) in [5.74, 6) is -2.75. The maximum Gasteiger partial charge on any atom is 0.326 e. The van der Waals surface area contributed by atoms with Gasteiger partial charge in [0.1, 0.15) is 12.1 Å². The van der Waals surface area contributed by atoms with Crippen LogP contribution in [-0.4, -0.2) is 46.2 Å². The van der Waals surface area contributed by atoms with Crippen LogP contribution in [0.5, 0.6) is 0 Å². The smallest absolute Gasteiger partial charge is 0.326 e. The molecule has 8 nitrogen and oxygen atoms in total. The molecule has 0 aromatic carbocycles. The van der Waals surface area contributed by atoms with Gasteiger partial charge in [-0.15, -0.1) is 0 Å². The topological polar surface area (TPSA) is 156 Å². The Kier molecular flexibility index (Phi) is 6.15. The summed E-state index contributed by atoms with van der Waals surface area (Å²) in [6.45, 7) is 1.31. The monoisotopic (exact) mass is 247 g/mol. The second kappa shape index (κ2) is 6.81. The molecule has 0 fully saturated rings. The number of carboxylic acids is 1. The Bertz CT molecular complexity index is 305. The van der Waals surface area contributed by atoms with E-state index < -0.39 is 36.0 Å². The van der Waals surface area contributed by atoms with Gasteiger partial charge in [-0.05, 0) is 13.3 Å². The molecular weight excluding hydrogens is 230 g/mol. The Balaban J connectivity index is 4.39. The van der Waals surface area contributed by atoms with Crippen LogP contribution in [0.4, 0.5) is 0 Å². The number of hydrogen-bond acceptors (Lipinski definition) is 5. The number of nitrogens with one attached hydrogen (secondary N) is 1. The van der Waals surface area contributed by atoms with Gasteiger partial charge in [0.2, 0.25) is 11.8 Å². The highest BCUT2D eigenvalue weighted by atomic mass is 16.4. The van der Waals surface area contributed by atoms with E-state index in [1.165, 1.54) is 6.92 Å². The van der Waals surface area contributed by atoms with E-state index in [4.69, 9.17) is 21.7 Å². The van der Waals surface area contributed by atoms with Crippen molar-refractivity contribution in [3.63, 3.8) is 0 Å². The van der Waals surface area contributed by atoms with Crippen molar-refractivity contribution in [1.29, 1.82) is 0 Å². The molecule has 0 heterocycles. The minimum absolute atomic E-state index is 0.122. The number of aliphatic hydroxyl groups excluding tert-OH is 1. The average molecular weight is 247 g/mol. The summed E-state index contributed by atoms with van der Waals surface area (Å²) in [5, 5.41) is 20.0. The van der Waals surface area contributed by atoms with Gasteiger partial charge in [0, 0.05) is 6.42 Å². The number of rotatable bonds is 7. The van der Waals surface area contributed by atoms with E-state index in [0.29, 0.717) is 0 Å². The lowest BCUT2D eigenvalue weighted by Gasteiger charge is -2.18. The predicted molar refractivity (Wildman–Crippen MR) is 57.7 cm³/mol. The summed E-state index contributed by atoms with van der Waals surface area (Å²) < 4.78 is 0. The molecule has 0 aliphatic carbocycles. The fourth-order valence-electron chi connectivity index (χ4n) is 1.03. The maximum absolute atomic E-state index is 11.4.